The van der Waals surface area contributed by atoms with Gasteiger partial charge in [-0.1, -0.05) is 152 Å². The van der Waals surface area contributed by atoms with Crippen LogP contribution in [-0.2, 0) is 14.3 Å². The molecule has 0 spiro atoms. The number of ether oxygens (including phenoxy) is 2. The third-order valence-electron chi connectivity index (χ3n) is 10.8. The molecule has 1 amide bonds. The zero-order valence-corrected chi connectivity index (χ0v) is 35.4. The number of likely N-dealkylation sites (N-methyl/N-ethyl adjacent to an activating group) is 1. The predicted molar refractivity (Wildman–Crippen MR) is 227 cm³/mol. The van der Waals surface area contributed by atoms with E-state index in [0.29, 0.717) is 25.5 Å². The molecular weight excluding hydrogens is 657 g/mol. The number of rotatable bonds is 34. The Bertz CT molecular complexity index is 939. The Kier molecular flexibility index (Phi) is 32.5. The van der Waals surface area contributed by atoms with E-state index in [1.54, 1.807) is 4.90 Å². The fourth-order valence-electron chi connectivity index (χ4n) is 7.17. The van der Waals surface area contributed by atoms with Crippen molar-refractivity contribution >= 4 is 12.1 Å². The van der Waals surface area contributed by atoms with Crippen LogP contribution in [0, 0.1) is 5.92 Å². The summed E-state index contributed by atoms with van der Waals surface area (Å²) in [4.78, 5) is 29.4. The lowest BCUT2D eigenvalue weighted by Crippen LogP contribution is -2.42. The third kappa shape index (κ3) is 27.0. The smallest absolute Gasteiger partial charge is 0.410 e. The first-order chi connectivity index (χ1) is 25.9. The molecular formula is C47H84N2O4. The number of esters is 1. The Morgan fingerprint density at radius 1 is 0.623 bits per heavy atom. The van der Waals surface area contributed by atoms with Gasteiger partial charge in [-0.05, 0) is 103 Å². The minimum atomic E-state index is -0.571. The number of likely N-dealkylation sites (tertiary alicyclic amines) is 1. The van der Waals surface area contributed by atoms with Crippen molar-refractivity contribution in [2.75, 3.05) is 34.4 Å². The lowest BCUT2D eigenvalue weighted by atomic mass is 9.94. The lowest BCUT2D eigenvalue weighted by Gasteiger charge is -2.24. The van der Waals surface area contributed by atoms with E-state index >= 15 is 0 Å². The SMILES string of the molecule is CCCCC/C=C\C/C=C\CCCCCCCCC(CCCCCCCC/C=C\C/C=C\CCCCC)COC(=O)N1C[C@@H](N(C)C)C[C@H]1C(=O)OC. The number of carbonyl (C=O) groups is 2. The Balaban J connectivity index is 2.38. The molecule has 0 aromatic carbocycles. The molecule has 6 heteroatoms. The van der Waals surface area contributed by atoms with Crippen LogP contribution < -0.4 is 0 Å². The van der Waals surface area contributed by atoms with Crippen molar-refractivity contribution in [3.05, 3.63) is 48.6 Å². The summed E-state index contributed by atoms with van der Waals surface area (Å²) in [5, 5.41) is 0. The molecule has 2 atom stereocenters. The van der Waals surface area contributed by atoms with Gasteiger partial charge < -0.3 is 14.4 Å². The normalized spacial score (nSPS) is 16.5. The second kappa shape index (κ2) is 35.4. The average molecular weight is 741 g/mol. The minimum Gasteiger partial charge on any atom is -0.467 e. The molecule has 0 saturated carbocycles. The zero-order chi connectivity index (χ0) is 38.6. The molecule has 306 valence electrons. The molecule has 0 bridgehead atoms. The second-order valence-corrected chi connectivity index (χ2v) is 15.7. The highest BCUT2D eigenvalue weighted by Crippen LogP contribution is 2.25. The van der Waals surface area contributed by atoms with Gasteiger partial charge in [0.05, 0.1) is 13.7 Å². The van der Waals surface area contributed by atoms with Crippen molar-refractivity contribution in [2.24, 2.45) is 5.92 Å². The number of hydrogen-bond acceptors (Lipinski definition) is 5. The number of allylic oxidation sites excluding steroid dienone is 8. The van der Waals surface area contributed by atoms with Crippen molar-refractivity contribution in [2.45, 2.75) is 199 Å². The van der Waals surface area contributed by atoms with Crippen molar-refractivity contribution in [1.29, 1.82) is 0 Å². The number of hydrogen-bond donors (Lipinski definition) is 0. The topological polar surface area (TPSA) is 59.1 Å². The summed E-state index contributed by atoms with van der Waals surface area (Å²) in [7, 11) is 5.37. The second-order valence-electron chi connectivity index (χ2n) is 15.7. The first-order valence-corrected chi connectivity index (χ1v) is 22.2. The summed E-state index contributed by atoms with van der Waals surface area (Å²) >= 11 is 0. The molecule has 1 rings (SSSR count). The Morgan fingerprint density at radius 2 is 1.04 bits per heavy atom. The first-order valence-electron chi connectivity index (χ1n) is 22.2. The maximum absolute atomic E-state index is 13.3. The molecule has 0 radical (unpaired) electrons. The molecule has 53 heavy (non-hydrogen) atoms. The summed E-state index contributed by atoms with van der Waals surface area (Å²) in [6, 6.07) is -0.447. The van der Waals surface area contributed by atoms with Gasteiger partial charge in [-0.2, -0.15) is 0 Å². The van der Waals surface area contributed by atoms with Gasteiger partial charge in [-0.25, -0.2) is 9.59 Å². The Labute approximate surface area is 328 Å². The van der Waals surface area contributed by atoms with Crippen LogP contribution in [-0.4, -0.2) is 68.3 Å². The largest absolute Gasteiger partial charge is 0.467 e. The van der Waals surface area contributed by atoms with Crippen LogP contribution in [0.25, 0.3) is 0 Å². The quantitative estimate of drug-likeness (QED) is 0.0373. The number of nitrogens with zero attached hydrogens (tertiary/aromatic N) is 2. The van der Waals surface area contributed by atoms with Crippen LogP contribution in [0.5, 0.6) is 0 Å². The van der Waals surface area contributed by atoms with E-state index < -0.39 is 6.04 Å². The highest BCUT2D eigenvalue weighted by molar-refractivity contribution is 5.82. The van der Waals surface area contributed by atoms with Crippen molar-refractivity contribution < 1.29 is 19.1 Å². The van der Waals surface area contributed by atoms with Crippen LogP contribution in [0.2, 0.25) is 0 Å². The van der Waals surface area contributed by atoms with Crippen molar-refractivity contribution in [3.8, 4) is 0 Å². The number of carbonyl (C=O) groups excluding carboxylic acids is 2. The standard InChI is InChI=1S/C47H84N2O4/c1-6-8-10-12-14-16-18-20-22-24-26-28-30-32-34-36-38-43(42-53-47(51)49-41-44(48(3)4)40-45(49)46(50)52-5)39-37-35-33-31-29-27-25-23-21-19-17-15-13-11-9-7-2/h14-17,20-23,43-45H,6-13,18-19,24-42H2,1-5H3/b16-14-,17-15-,22-20-,23-21-/t44-,45-/m0/s1. The van der Waals surface area contributed by atoms with E-state index in [9.17, 15) is 9.59 Å². The van der Waals surface area contributed by atoms with E-state index in [1.165, 1.54) is 148 Å². The summed E-state index contributed by atoms with van der Waals surface area (Å²) in [6.07, 6.45) is 51.1. The average Bonchev–Trinajstić information content (AvgIpc) is 3.62. The Hall–Kier alpha value is -2.34. The highest BCUT2D eigenvalue weighted by Gasteiger charge is 2.42. The zero-order valence-electron chi connectivity index (χ0n) is 35.4. The summed E-state index contributed by atoms with van der Waals surface area (Å²) in [6.45, 7) is 5.45. The van der Waals surface area contributed by atoms with Gasteiger partial charge in [0.15, 0.2) is 0 Å². The highest BCUT2D eigenvalue weighted by atomic mass is 16.6. The summed E-state index contributed by atoms with van der Waals surface area (Å²) < 4.78 is 11.0. The summed E-state index contributed by atoms with van der Waals surface area (Å²) in [5.74, 6) is 0.0185. The molecule has 1 heterocycles. The summed E-state index contributed by atoms with van der Waals surface area (Å²) in [5.41, 5.74) is 0. The number of amides is 1. The van der Waals surface area contributed by atoms with Gasteiger partial charge in [0.25, 0.3) is 0 Å². The predicted octanol–water partition coefficient (Wildman–Crippen LogP) is 13.3. The van der Waals surface area contributed by atoms with Crippen LogP contribution in [0.3, 0.4) is 0 Å². The molecule has 1 aliphatic rings. The van der Waals surface area contributed by atoms with E-state index in [1.807, 2.05) is 14.1 Å². The fourth-order valence-corrected chi connectivity index (χ4v) is 7.17. The molecule has 0 aromatic rings. The van der Waals surface area contributed by atoms with Crippen LogP contribution in [0.1, 0.15) is 187 Å². The van der Waals surface area contributed by atoms with Crippen LogP contribution >= 0.6 is 0 Å². The molecule has 1 aliphatic heterocycles. The minimum absolute atomic E-state index is 0.124. The fraction of sp³-hybridized carbons (Fsp3) is 0.787. The van der Waals surface area contributed by atoms with E-state index in [2.05, 4.69) is 67.4 Å². The van der Waals surface area contributed by atoms with E-state index in [4.69, 9.17) is 9.47 Å². The van der Waals surface area contributed by atoms with Gasteiger partial charge in [0, 0.05) is 12.6 Å². The van der Waals surface area contributed by atoms with Crippen molar-refractivity contribution in [1.82, 2.24) is 9.80 Å². The maximum atomic E-state index is 13.3. The van der Waals surface area contributed by atoms with E-state index in [-0.39, 0.29) is 18.1 Å². The molecule has 6 nitrogen and oxygen atoms in total. The van der Waals surface area contributed by atoms with Gasteiger partial charge in [0.2, 0.25) is 0 Å². The number of methoxy groups -OCH3 is 1. The molecule has 1 fully saturated rings. The van der Waals surface area contributed by atoms with Gasteiger partial charge in [-0.15, -0.1) is 0 Å². The molecule has 0 unspecified atom stereocenters. The van der Waals surface area contributed by atoms with Gasteiger partial charge in [-0.3, -0.25) is 4.90 Å². The molecule has 0 aromatic heterocycles. The lowest BCUT2D eigenvalue weighted by molar-refractivity contribution is -0.145. The maximum Gasteiger partial charge on any atom is 0.410 e. The monoisotopic (exact) mass is 741 g/mol. The van der Waals surface area contributed by atoms with Gasteiger partial charge in [0.1, 0.15) is 6.04 Å². The Morgan fingerprint density at radius 3 is 1.45 bits per heavy atom. The van der Waals surface area contributed by atoms with Crippen molar-refractivity contribution in [3.63, 3.8) is 0 Å². The number of unbranched alkanes of at least 4 members (excludes halogenated alkanes) is 18. The van der Waals surface area contributed by atoms with Gasteiger partial charge >= 0.3 is 12.1 Å². The molecule has 1 saturated heterocycles. The molecule has 0 N–H and O–H groups in total. The van der Waals surface area contributed by atoms with E-state index in [0.717, 1.165) is 25.7 Å². The third-order valence-corrected chi connectivity index (χ3v) is 10.8. The van der Waals surface area contributed by atoms with Crippen LogP contribution in [0.4, 0.5) is 4.79 Å². The van der Waals surface area contributed by atoms with Crippen LogP contribution in [0.15, 0.2) is 48.6 Å². The molecule has 0 aliphatic carbocycles. The first kappa shape index (κ1) is 48.7.